The van der Waals surface area contributed by atoms with Crippen LogP contribution in [0.25, 0.3) is 0 Å². The highest BCUT2D eigenvalue weighted by Crippen LogP contribution is 2.25. The maximum atomic E-state index is 11.6. The lowest BCUT2D eigenvalue weighted by Gasteiger charge is -2.27. The monoisotopic (exact) mass is 218 g/mol. The topological polar surface area (TPSA) is 44.8 Å². The smallest absolute Gasteiger partial charge is 0.341 e. The van der Waals surface area contributed by atoms with Crippen molar-refractivity contribution in [3.63, 3.8) is 0 Å². The molecule has 0 radical (unpaired) electrons. The van der Waals surface area contributed by atoms with Crippen molar-refractivity contribution >= 4 is 5.97 Å². The van der Waals surface area contributed by atoms with E-state index in [9.17, 15) is 4.79 Å². The molecule has 0 aliphatic rings. The van der Waals surface area contributed by atoms with Gasteiger partial charge in [-0.05, 0) is 19.8 Å². The second-order valence-electron chi connectivity index (χ2n) is 3.43. The summed E-state index contributed by atoms with van der Waals surface area (Å²) in [5.74, 6) is -0.355. The van der Waals surface area contributed by atoms with E-state index < -0.39 is 5.60 Å². The van der Waals surface area contributed by atoms with Crippen LogP contribution in [-0.4, -0.2) is 25.3 Å². The van der Waals surface area contributed by atoms with E-state index >= 15 is 0 Å². The minimum Gasteiger partial charge on any atom is -0.467 e. The fourth-order valence-electron chi connectivity index (χ4n) is 1.38. The van der Waals surface area contributed by atoms with E-state index in [-0.39, 0.29) is 5.97 Å². The number of ether oxygens (including phenoxy) is 1. The molecule has 1 atom stereocenters. The molecule has 90 valence electrons. The molecule has 0 aromatic carbocycles. The highest BCUT2D eigenvalue weighted by molar-refractivity contribution is 5.79. The van der Waals surface area contributed by atoms with Crippen molar-refractivity contribution in [3.8, 4) is 0 Å². The molecule has 0 heterocycles. The average molecular weight is 218 g/mol. The van der Waals surface area contributed by atoms with Crippen molar-refractivity contribution in [2.75, 3.05) is 13.7 Å². The molecule has 0 spiro atoms. The molecule has 0 fully saturated rings. The number of unbranched alkanes of at least 4 members (excludes halogenated alkanes) is 1. The third kappa shape index (κ3) is 4.18. The number of hydrogen-bond acceptors (Lipinski definition) is 4. The summed E-state index contributed by atoms with van der Waals surface area (Å²) in [5, 5.41) is 0. The van der Waals surface area contributed by atoms with Crippen LogP contribution in [0.2, 0.25) is 0 Å². The van der Waals surface area contributed by atoms with Gasteiger partial charge < -0.3 is 4.74 Å². The summed E-state index contributed by atoms with van der Waals surface area (Å²) < 4.78 is 4.76. The number of esters is 1. The van der Waals surface area contributed by atoms with Gasteiger partial charge in [0.05, 0.1) is 13.7 Å². The lowest BCUT2D eigenvalue weighted by Crippen LogP contribution is -2.42. The first kappa shape index (κ1) is 14.4. The van der Waals surface area contributed by atoms with Crippen LogP contribution in [0, 0.1) is 0 Å². The molecule has 1 unspecified atom stereocenters. The molecule has 0 aromatic rings. The zero-order valence-corrected chi connectivity index (χ0v) is 10.2. The fourth-order valence-corrected chi connectivity index (χ4v) is 1.38. The van der Waals surface area contributed by atoms with Crippen molar-refractivity contribution in [2.45, 2.75) is 52.1 Å². The average Bonchev–Trinajstić information content (AvgIpc) is 2.29. The maximum absolute atomic E-state index is 11.6. The number of carbonyl (C=O) groups excluding carboxylic acids is 1. The van der Waals surface area contributed by atoms with Gasteiger partial charge in [0.15, 0.2) is 5.60 Å². The normalized spacial score (nSPS) is 14.7. The Bertz CT molecular complexity index is 171. The van der Waals surface area contributed by atoms with Gasteiger partial charge in [0, 0.05) is 0 Å². The third-order valence-corrected chi connectivity index (χ3v) is 2.40. The van der Waals surface area contributed by atoms with Crippen LogP contribution < -0.4 is 0 Å². The van der Waals surface area contributed by atoms with E-state index in [0.29, 0.717) is 19.4 Å². The van der Waals surface area contributed by atoms with Gasteiger partial charge >= 0.3 is 5.97 Å². The van der Waals surface area contributed by atoms with E-state index in [1.807, 2.05) is 13.8 Å². The maximum Gasteiger partial charge on any atom is 0.341 e. The Hall–Kier alpha value is -0.610. The molecule has 4 heteroatoms. The van der Waals surface area contributed by atoms with Crippen molar-refractivity contribution < 1.29 is 19.3 Å². The summed E-state index contributed by atoms with van der Waals surface area (Å²) in [6.45, 7) is 6.20. The number of carbonyl (C=O) groups is 1. The SMILES string of the molecule is CCCCC(CC)(OOCC)C(=O)OC. The summed E-state index contributed by atoms with van der Waals surface area (Å²) in [6.07, 6.45) is 3.11. The van der Waals surface area contributed by atoms with Gasteiger partial charge in [-0.2, -0.15) is 0 Å². The van der Waals surface area contributed by atoms with Crippen LogP contribution >= 0.6 is 0 Å². The van der Waals surface area contributed by atoms with Crippen LogP contribution in [0.4, 0.5) is 0 Å². The molecule has 0 amide bonds. The Balaban J connectivity index is 4.51. The quantitative estimate of drug-likeness (QED) is 0.356. The summed E-state index contributed by atoms with van der Waals surface area (Å²) in [5.41, 5.74) is -0.930. The van der Waals surface area contributed by atoms with Crippen molar-refractivity contribution in [3.05, 3.63) is 0 Å². The Morgan fingerprint density at radius 1 is 1.27 bits per heavy atom. The Morgan fingerprint density at radius 2 is 1.93 bits per heavy atom. The molecule has 0 N–H and O–H groups in total. The fraction of sp³-hybridized carbons (Fsp3) is 0.909. The molecule has 0 saturated carbocycles. The lowest BCUT2D eigenvalue weighted by atomic mass is 9.94. The van der Waals surface area contributed by atoms with Crippen molar-refractivity contribution in [1.82, 2.24) is 0 Å². The molecule has 0 bridgehead atoms. The summed E-state index contributed by atoms with van der Waals surface area (Å²) in [7, 11) is 1.37. The molecule has 4 nitrogen and oxygen atoms in total. The first-order valence-corrected chi connectivity index (χ1v) is 5.55. The van der Waals surface area contributed by atoms with E-state index in [1.54, 1.807) is 0 Å². The molecule has 0 saturated heterocycles. The van der Waals surface area contributed by atoms with Gasteiger partial charge in [0.2, 0.25) is 0 Å². The molecular weight excluding hydrogens is 196 g/mol. The first-order valence-electron chi connectivity index (χ1n) is 5.55. The van der Waals surface area contributed by atoms with Crippen LogP contribution in [-0.2, 0) is 19.3 Å². The van der Waals surface area contributed by atoms with Gasteiger partial charge in [-0.15, -0.1) is 0 Å². The molecule has 0 aromatic heterocycles. The minimum absolute atomic E-state index is 0.355. The molecule has 15 heavy (non-hydrogen) atoms. The van der Waals surface area contributed by atoms with E-state index in [2.05, 4.69) is 6.92 Å². The number of hydrogen-bond donors (Lipinski definition) is 0. The van der Waals surface area contributed by atoms with E-state index in [4.69, 9.17) is 14.5 Å². The van der Waals surface area contributed by atoms with Gasteiger partial charge in [0.1, 0.15) is 0 Å². The number of rotatable bonds is 8. The molecule has 0 aliphatic heterocycles. The van der Waals surface area contributed by atoms with Crippen LogP contribution in [0.5, 0.6) is 0 Å². The third-order valence-electron chi connectivity index (χ3n) is 2.40. The number of methoxy groups -OCH3 is 1. The Morgan fingerprint density at radius 3 is 2.33 bits per heavy atom. The van der Waals surface area contributed by atoms with Gasteiger partial charge in [-0.3, -0.25) is 0 Å². The second-order valence-corrected chi connectivity index (χ2v) is 3.43. The molecular formula is C11H22O4. The van der Waals surface area contributed by atoms with Gasteiger partial charge in [-0.1, -0.05) is 26.7 Å². The zero-order chi connectivity index (χ0) is 11.7. The molecule has 0 aliphatic carbocycles. The summed E-state index contributed by atoms with van der Waals surface area (Å²) in [4.78, 5) is 21.8. The highest BCUT2D eigenvalue weighted by Gasteiger charge is 2.40. The van der Waals surface area contributed by atoms with E-state index in [0.717, 1.165) is 12.8 Å². The largest absolute Gasteiger partial charge is 0.467 e. The van der Waals surface area contributed by atoms with E-state index in [1.165, 1.54) is 7.11 Å². The standard InChI is InChI=1S/C11H22O4/c1-5-8-9-11(6-2,10(12)13-4)15-14-7-3/h5-9H2,1-4H3. The van der Waals surface area contributed by atoms with Crippen LogP contribution in [0.3, 0.4) is 0 Å². The summed E-state index contributed by atoms with van der Waals surface area (Å²) >= 11 is 0. The second kappa shape index (κ2) is 7.65. The van der Waals surface area contributed by atoms with Gasteiger partial charge in [-0.25, -0.2) is 14.6 Å². The molecule has 0 rings (SSSR count). The first-order chi connectivity index (χ1) is 7.16. The van der Waals surface area contributed by atoms with Gasteiger partial charge in [0.25, 0.3) is 0 Å². The minimum atomic E-state index is -0.930. The lowest BCUT2D eigenvalue weighted by molar-refractivity contribution is -0.354. The Kier molecular flexibility index (Phi) is 7.34. The van der Waals surface area contributed by atoms with Crippen molar-refractivity contribution in [2.24, 2.45) is 0 Å². The van der Waals surface area contributed by atoms with Crippen LogP contribution in [0.15, 0.2) is 0 Å². The highest BCUT2D eigenvalue weighted by atomic mass is 17.2. The summed E-state index contributed by atoms with van der Waals surface area (Å²) in [6, 6.07) is 0. The Labute approximate surface area is 91.8 Å². The predicted octanol–water partition coefficient (Wildman–Crippen LogP) is 2.47. The predicted molar refractivity (Wildman–Crippen MR) is 57.3 cm³/mol. The van der Waals surface area contributed by atoms with Crippen molar-refractivity contribution in [1.29, 1.82) is 0 Å². The zero-order valence-electron chi connectivity index (χ0n) is 10.2. The van der Waals surface area contributed by atoms with Crippen LogP contribution in [0.1, 0.15) is 46.5 Å².